The van der Waals surface area contributed by atoms with Gasteiger partial charge in [0.15, 0.2) is 0 Å². The van der Waals surface area contributed by atoms with Gasteiger partial charge in [0.25, 0.3) is 0 Å². The highest BCUT2D eigenvalue weighted by molar-refractivity contribution is 7.15. The number of hydrogen-bond donors (Lipinski definition) is 1. The minimum Gasteiger partial charge on any atom is -0.464 e. The molecule has 0 atom stereocenters. The largest absolute Gasteiger partial charge is 0.464 e. The molecule has 0 saturated carbocycles. The molecule has 4 heteroatoms. The molecular weight excluding hydrogens is 268 g/mol. The van der Waals surface area contributed by atoms with Gasteiger partial charge in [-0.3, -0.25) is 0 Å². The Balaban J connectivity index is 1.79. The summed E-state index contributed by atoms with van der Waals surface area (Å²) in [6.45, 7) is 6.33. The van der Waals surface area contributed by atoms with E-state index < -0.39 is 0 Å². The van der Waals surface area contributed by atoms with Crippen LogP contribution in [0.3, 0.4) is 0 Å². The molecule has 0 bridgehead atoms. The molecule has 0 fully saturated rings. The quantitative estimate of drug-likeness (QED) is 0.760. The van der Waals surface area contributed by atoms with Gasteiger partial charge in [-0.1, -0.05) is 32.0 Å². The zero-order valence-electron chi connectivity index (χ0n) is 11.7. The van der Waals surface area contributed by atoms with Crippen molar-refractivity contribution in [2.75, 3.05) is 6.54 Å². The van der Waals surface area contributed by atoms with Gasteiger partial charge < -0.3 is 9.73 Å². The predicted molar refractivity (Wildman–Crippen MR) is 83.9 cm³/mol. The summed E-state index contributed by atoms with van der Waals surface area (Å²) in [4.78, 5) is 5.78. The Bertz CT molecular complexity index is 699. The third-order valence-corrected chi connectivity index (χ3v) is 4.15. The first-order chi connectivity index (χ1) is 9.74. The maximum absolute atomic E-state index is 5.58. The maximum Gasteiger partial charge on any atom is 0.134 e. The number of hydrogen-bond acceptors (Lipinski definition) is 4. The average molecular weight is 286 g/mol. The van der Waals surface area contributed by atoms with Crippen molar-refractivity contribution in [1.82, 2.24) is 10.3 Å². The molecule has 0 radical (unpaired) electrons. The van der Waals surface area contributed by atoms with Gasteiger partial charge in [-0.2, -0.15) is 0 Å². The number of aromatic nitrogens is 1. The SMILES string of the molecule is CC(C)CNCc1cnc(-c2coc3ccccc23)s1. The van der Waals surface area contributed by atoms with Crippen LogP contribution >= 0.6 is 11.3 Å². The van der Waals surface area contributed by atoms with Crippen LogP contribution in [0.4, 0.5) is 0 Å². The summed E-state index contributed by atoms with van der Waals surface area (Å²) < 4.78 is 5.58. The fourth-order valence-electron chi connectivity index (χ4n) is 2.14. The van der Waals surface area contributed by atoms with E-state index in [-0.39, 0.29) is 0 Å². The monoisotopic (exact) mass is 286 g/mol. The smallest absolute Gasteiger partial charge is 0.134 e. The van der Waals surface area contributed by atoms with Crippen LogP contribution in [0.2, 0.25) is 0 Å². The lowest BCUT2D eigenvalue weighted by Gasteiger charge is -2.04. The lowest BCUT2D eigenvalue weighted by Crippen LogP contribution is -2.18. The minimum atomic E-state index is 0.667. The van der Waals surface area contributed by atoms with Crippen molar-refractivity contribution >= 4 is 22.3 Å². The summed E-state index contributed by atoms with van der Waals surface area (Å²) in [5, 5.41) is 5.60. The molecule has 3 aromatic rings. The van der Waals surface area contributed by atoms with Crippen molar-refractivity contribution in [3.63, 3.8) is 0 Å². The van der Waals surface area contributed by atoms with Crippen molar-refractivity contribution in [1.29, 1.82) is 0 Å². The third-order valence-electron chi connectivity index (χ3n) is 3.12. The van der Waals surface area contributed by atoms with E-state index >= 15 is 0 Å². The molecule has 2 heterocycles. The maximum atomic E-state index is 5.58. The normalized spacial score (nSPS) is 11.6. The van der Waals surface area contributed by atoms with Crippen molar-refractivity contribution in [2.45, 2.75) is 20.4 Å². The van der Waals surface area contributed by atoms with Crippen LogP contribution < -0.4 is 5.32 Å². The lowest BCUT2D eigenvalue weighted by atomic mass is 10.2. The Labute approximate surface area is 122 Å². The molecule has 2 aromatic heterocycles. The van der Waals surface area contributed by atoms with E-state index in [1.165, 1.54) is 4.88 Å². The second kappa shape index (κ2) is 5.77. The molecule has 3 nitrogen and oxygen atoms in total. The van der Waals surface area contributed by atoms with Gasteiger partial charge in [0, 0.05) is 23.0 Å². The van der Waals surface area contributed by atoms with Crippen molar-refractivity contribution in [2.24, 2.45) is 5.92 Å². The standard InChI is InChI=1S/C16H18N2OS/c1-11(2)7-17-8-12-9-18-16(20-12)14-10-19-15-6-4-3-5-13(14)15/h3-6,9-11,17H,7-8H2,1-2H3. The van der Waals surface area contributed by atoms with Crippen LogP contribution in [0, 0.1) is 5.92 Å². The molecule has 0 saturated heterocycles. The van der Waals surface area contributed by atoms with E-state index in [2.05, 4.69) is 30.2 Å². The summed E-state index contributed by atoms with van der Waals surface area (Å²) >= 11 is 1.72. The van der Waals surface area contributed by atoms with Gasteiger partial charge in [0.2, 0.25) is 0 Å². The van der Waals surface area contributed by atoms with Crippen molar-refractivity contribution < 1.29 is 4.42 Å². The minimum absolute atomic E-state index is 0.667. The summed E-state index contributed by atoms with van der Waals surface area (Å²) in [5.74, 6) is 0.667. The molecule has 3 rings (SSSR count). The van der Waals surface area contributed by atoms with Gasteiger partial charge in [-0.15, -0.1) is 11.3 Å². The van der Waals surface area contributed by atoms with Crippen LogP contribution in [0.25, 0.3) is 21.5 Å². The third kappa shape index (κ3) is 2.76. The molecule has 0 spiro atoms. The number of rotatable bonds is 5. The highest BCUT2D eigenvalue weighted by Gasteiger charge is 2.11. The number of nitrogens with zero attached hydrogens (tertiary/aromatic N) is 1. The Morgan fingerprint density at radius 2 is 2.15 bits per heavy atom. The average Bonchev–Trinajstić information content (AvgIpc) is 3.04. The topological polar surface area (TPSA) is 38.1 Å². The number of para-hydroxylation sites is 1. The second-order valence-electron chi connectivity index (χ2n) is 5.30. The fraction of sp³-hybridized carbons (Fsp3) is 0.312. The van der Waals surface area contributed by atoms with E-state index in [1.54, 1.807) is 17.6 Å². The number of benzene rings is 1. The molecule has 20 heavy (non-hydrogen) atoms. The lowest BCUT2D eigenvalue weighted by molar-refractivity contribution is 0.554. The molecule has 1 aromatic carbocycles. The first-order valence-electron chi connectivity index (χ1n) is 6.86. The molecular formula is C16H18N2OS. The highest BCUT2D eigenvalue weighted by Crippen LogP contribution is 2.32. The summed E-state index contributed by atoms with van der Waals surface area (Å²) in [6.07, 6.45) is 3.75. The van der Waals surface area contributed by atoms with Gasteiger partial charge in [-0.05, 0) is 18.5 Å². The van der Waals surface area contributed by atoms with Gasteiger partial charge >= 0.3 is 0 Å². The molecule has 0 amide bonds. The summed E-state index contributed by atoms with van der Waals surface area (Å²) in [7, 11) is 0. The number of nitrogens with one attached hydrogen (secondary N) is 1. The van der Waals surface area contributed by atoms with Gasteiger partial charge in [0.05, 0.1) is 5.56 Å². The molecule has 0 aliphatic heterocycles. The summed E-state index contributed by atoms with van der Waals surface area (Å²) in [6, 6.07) is 8.07. The number of fused-ring (bicyclic) bond motifs is 1. The number of furan rings is 1. The van der Waals surface area contributed by atoms with Crippen LogP contribution in [0.15, 0.2) is 41.1 Å². The molecule has 104 valence electrons. The zero-order valence-corrected chi connectivity index (χ0v) is 12.5. The number of thiazole rings is 1. The Morgan fingerprint density at radius 3 is 3.00 bits per heavy atom. The molecule has 0 aliphatic carbocycles. The van der Waals surface area contributed by atoms with E-state index in [0.29, 0.717) is 5.92 Å². The first kappa shape index (κ1) is 13.3. The van der Waals surface area contributed by atoms with E-state index in [1.807, 2.05) is 24.4 Å². The van der Waals surface area contributed by atoms with Crippen LogP contribution in [-0.2, 0) is 6.54 Å². The zero-order chi connectivity index (χ0) is 13.9. The van der Waals surface area contributed by atoms with Crippen LogP contribution in [0.1, 0.15) is 18.7 Å². The van der Waals surface area contributed by atoms with Gasteiger partial charge in [0.1, 0.15) is 16.9 Å². The first-order valence-corrected chi connectivity index (χ1v) is 7.67. The van der Waals surface area contributed by atoms with E-state index in [4.69, 9.17) is 4.42 Å². The van der Waals surface area contributed by atoms with Gasteiger partial charge in [-0.25, -0.2) is 4.98 Å². The van der Waals surface area contributed by atoms with Crippen LogP contribution in [0.5, 0.6) is 0 Å². The van der Waals surface area contributed by atoms with Crippen LogP contribution in [-0.4, -0.2) is 11.5 Å². The molecule has 0 aliphatic rings. The van der Waals surface area contributed by atoms with E-state index in [0.717, 1.165) is 34.6 Å². The predicted octanol–water partition coefficient (Wildman–Crippen LogP) is 4.30. The van der Waals surface area contributed by atoms with E-state index in [9.17, 15) is 0 Å². The fourth-order valence-corrected chi connectivity index (χ4v) is 3.04. The summed E-state index contributed by atoms with van der Waals surface area (Å²) in [5.41, 5.74) is 2.00. The Hall–Kier alpha value is -1.65. The highest BCUT2D eigenvalue weighted by atomic mass is 32.1. The second-order valence-corrected chi connectivity index (χ2v) is 6.42. The Kier molecular flexibility index (Phi) is 3.85. The molecule has 1 N–H and O–H groups in total. The Morgan fingerprint density at radius 1 is 1.30 bits per heavy atom. The molecule has 0 unspecified atom stereocenters. The van der Waals surface area contributed by atoms with Crippen molar-refractivity contribution in [3.05, 3.63) is 41.6 Å². The van der Waals surface area contributed by atoms with Crippen molar-refractivity contribution in [3.8, 4) is 10.6 Å².